The predicted molar refractivity (Wildman–Crippen MR) is 57.1 cm³/mol. The summed E-state index contributed by atoms with van der Waals surface area (Å²) >= 11 is 1.61. The SMILES string of the molecule is CCc1nc(-c2ccco2)sc1CN. The molecule has 0 amide bonds. The van der Waals surface area contributed by atoms with E-state index in [4.69, 9.17) is 10.2 Å². The van der Waals surface area contributed by atoms with E-state index < -0.39 is 0 Å². The fourth-order valence-electron chi connectivity index (χ4n) is 1.32. The summed E-state index contributed by atoms with van der Waals surface area (Å²) < 4.78 is 5.28. The van der Waals surface area contributed by atoms with Crippen molar-refractivity contribution < 1.29 is 4.42 Å². The average molecular weight is 208 g/mol. The number of aromatic nitrogens is 1. The standard InChI is InChI=1S/C10H12N2OS/c1-2-7-9(6-11)14-10(12-7)8-4-3-5-13-8/h3-5H,2,6,11H2,1H3. The maximum absolute atomic E-state index is 5.63. The van der Waals surface area contributed by atoms with E-state index in [9.17, 15) is 0 Å². The summed E-state index contributed by atoms with van der Waals surface area (Å²) in [6.45, 7) is 2.64. The van der Waals surface area contributed by atoms with Crippen molar-refractivity contribution in [2.75, 3.05) is 0 Å². The molecule has 0 aliphatic carbocycles. The lowest BCUT2D eigenvalue weighted by Crippen LogP contribution is -1.96. The van der Waals surface area contributed by atoms with Crippen LogP contribution in [0.3, 0.4) is 0 Å². The Hall–Kier alpha value is -1.13. The molecule has 0 unspecified atom stereocenters. The summed E-state index contributed by atoms with van der Waals surface area (Å²) in [5.74, 6) is 0.824. The summed E-state index contributed by atoms with van der Waals surface area (Å²) in [6, 6.07) is 3.78. The van der Waals surface area contributed by atoms with Crippen LogP contribution in [0.25, 0.3) is 10.8 Å². The molecule has 0 bridgehead atoms. The van der Waals surface area contributed by atoms with Gasteiger partial charge in [-0.05, 0) is 18.6 Å². The van der Waals surface area contributed by atoms with E-state index in [2.05, 4.69) is 11.9 Å². The molecule has 2 N–H and O–H groups in total. The molecule has 2 aromatic heterocycles. The normalized spacial score (nSPS) is 10.7. The van der Waals surface area contributed by atoms with Crippen LogP contribution in [0.1, 0.15) is 17.5 Å². The molecule has 0 atom stereocenters. The number of furan rings is 1. The van der Waals surface area contributed by atoms with Crippen LogP contribution in [0, 0.1) is 0 Å². The van der Waals surface area contributed by atoms with Crippen molar-refractivity contribution in [3.05, 3.63) is 29.0 Å². The van der Waals surface area contributed by atoms with E-state index >= 15 is 0 Å². The van der Waals surface area contributed by atoms with E-state index in [1.165, 1.54) is 0 Å². The number of hydrogen-bond acceptors (Lipinski definition) is 4. The lowest BCUT2D eigenvalue weighted by molar-refractivity contribution is 0.581. The van der Waals surface area contributed by atoms with Crippen molar-refractivity contribution in [1.29, 1.82) is 0 Å². The second kappa shape index (κ2) is 3.94. The molecule has 2 rings (SSSR count). The Bertz CT molecular complexity index is 384. The third-order valence-electron chi connectivity index (χ3n) is 2.03. The smallest absolute Gasteiger partial charge is 0.162 e. The van der Waals surface area contributed by atoms with Gasteiger partial charge in [-0.25, -0.2) is 4.98 Å². The summed E-state index contributed by atoms with van der Waals surface area (Å²) in [7, 11) is 0. The average Bonchev–Trinajstić information content (AvgIpc) is 2.85. The molecule has 3 nitrogen and oxygen atoms in total. The minimum absolute atomic E-state index is 0.557. The van der Waals surface area contributed by atoms with Crippen LogP contribution in [0.5, 0.6) is 0 Å². The number of hydrogen-bond donors (Lipinski definition) is 1. The van der Waals surface area contributed by atoms with E-state index in [-0.39, 0.29) is 0 Å². The van der Waals surface area contributed by atoms with Crippen molar-refractivity contribution >= 4 is 11.3 Å². The topological polar surface area (TPSA) is 52.0 Å². The second-order valence-electron chi connectivity index (χ2n) is 2.92. The van der Waals surface area contributed by atoms with Gasteiger partial charge >= 0.3 is 0 Å². The molecular formula is C10H12N2OS. The first kappa shape index (κ1) is 9.43. The van der Waals surface area contributed by atoms with Gasteiger partial charge in [-0.2, -0.15) is 0 Å². The molecule has 0 aliphatic rings. The molecule has 0 radical (unpaired) electrons. The van der Waals surface area contributed by atoms with Crippen LogP contribution in [-0.2, 0) is 13.0 Å². The molecule has 2 heterocycles. The largest absolute Gasteiger partial charge is 0.462 e. The quantitative estimate of drug-likeness (QED) is 0.842. The van der Waals surface area contributed by atoms with Gasteiger partial charge in [0, 0.05) is 11.4 Å². The Balaban J connectivity index is 2.41. The maximum Gasteiger partial charge on any atom is 0.162 e. The zero-order valence-electron chi connectivity index (χ0n) is 7.99. The highest BCUT2D eigenvalue weighted by molar-refractivity contribution is 7.15. The highest BCUT2D eigenvalue weighted by Crippen LogP contribution is 2.28. The van der Waals surface area contributed by atoms with Crippen LogP contribution >= 0.6 is 11.3 Å². The van der Waals surface area contributed by atoms with Crippen LogP contribution in [0.4, 0.5) is 0 Å². The second-order valence-corrected chi connectivity index (χ2v) is 4.01. The van der Waals surface area contributed by atoms with Gasteiger partial charge in [0.15, 0.2) is 10.8 Å². The van der Waals surface area contributed by atoms with Crippen molar-refractivity contribution in [3.63, 3.8) is 0 Å². The van der Waals surface area contributed by atoms with Gasteiger partial charge < -0.3 is 10.2 Å². The van der Waals surface area contributed by atoms with Crippen LogP contribution in [0.2, 0.25) is 0 Å². The summed E-state index contributed by atoms with van der Waals surface area (Å²) in [6.07, 6.45) is 2.58. The highest BCUT2D eigenvalue weighted by atomic mass is 32.1. The first-order chi connectivity index (χ1) is 6.85. The van der Waals surface area contributed by atoms with E-state index in [0.717, 1.165) is 27.8 Å². The minimum Gasteiger partial charge on any atom is -0.462 e. The van der Waals surface area contributed by atoms with Gasteiger partial charge in [-0.3, -0.25) is 0 Å². The monoisotopic (exact) mass is 208 g/mol. The zero-order valence-corrected chi connectivity index (χ0v) is 8.80. The summed E-state index contributed by atoms with van der Waals surface area (Å²) in [5.41, 5.74) is 6.72. The zero-order chi connectivity index (χ0) is 9.97. The molecule has 14 heavy (non-hydrogen) atoms. The fraction of sp³-hybridized carbons (Fsp3) is 0.300. The molecular weight excluding hydrogens is 196 g/mol. The molecule has 2 aromatic rings. The lowest BCUT2D eigenvalue weighted by Gasteiger charge is -1.91. The number of nitrogens with two attached hydrogens (primary N) is 1. The van der Waals surface area contributed by atoms with Crippen LogP contribution in [0.15, 0.2) is 22.8 Å². The molecule has 74 valence electrons. The van der Waals surface area contributed by atoms with Crippen molar-refractivity contribution in [1.82, 2.24) is 4.98 Å². The lowest BCUT2D eigenvalue weighted by atomic mass is 10.3. The predicted octanol–water partition coefficient (Wildman–Crippen LogP) is 2.42. The molecule has 4 heteroatoms. The summed E-state index contributed by atoms with van der Waals surface area (Å²) in [4.78, 5) is 5.64. The minimum atomic E-state index is 0.557. The first-order valence-corrected chi connectivity index (χ1v) is 5.39. The number of nitrogens with zero attached hydrogens (tertiary/aromatic N) is 1. The Labute approximate surface area is 86.6 Å². The Kier molecular flexibility index (Phi) is 2.65. The van der Waals surface area contributed by atoms with Crippen molar-refractivity contribution in [2.24, 2.45) is 5.73 Å². The number of aryl methyl sites for hydroxylation is 1. The van der Waals surface area contributed by atoms with E-state index in [1.54, 1.807) is 17.6 Å². The van der Waals surface area contributed by atoms with Gasteiger partial charge in [-0.1, -0.05) is 6.92 Å². The van der Waals surface area contributed by atoms with Crippen LogP contribution in [-0.4, -0.2) is 4.98 Å². The molecule has 0 fully saturated rings. The van der Waals surface area contributed by atoms with E-state index in [1.807, 2.05) is 12.1 Å². The van der Waals surface area contributed by atoms with Gasteiger partial charge in [0.1, 0.15) is 0 Å². The van der Waals surface area contributed by atoms with Crippen molar-refractivity contribution in [3.8, 4) is 10.8 Å². The highest BCUT2D eigenvalue weighted by Gasteiger charge is 2.11. The van der Waals surface area contributed by atoms with Crippen LogP contribution < -0.4 is 5.73 Å². The maximum atomic E-state index is 5.63. The molecule has 0 saturated heterocycles. The molecule has 0 spiro atoms. The Morgan fingerprint density at radius 3 is 2.93 bits per heavy atom. The third-order valence-corrected chi connectivity index (χ3v) is 3.17. The van der Waals surface area contributed by atoms with E-state index in [0.29, 0.717) is 6.54 Å². The Morgan fingerprint density at radius 1 is 1.57 bits per heavy atom. The Morgan fingerprint density at radius 2 is 2.43 bits per heavy atom. The van der Waals surface area contributed by atoms with Gasteiger partial charge in [0.05, 0.1) is 12.0 Å². The number of thiazole rings is 1. The van der Waals surface area contributed by atoms with Crippen molar-refractivity contribution in [2.45, 2.75) is 19.9 Å². The van der Waals surface area contributed by atoms with Gasteiger partial charge in [-0.15, -0.1) is 11.3 Å². The fourth-order valence-corrected chi connectivity index (χ4v) is 2.32. The first-order valence-electron chi connectivity index (χ1n) is 4.57. The van der Waals surface area contributed by atoms with Gasteiger partial charge in [0.2, 0.25) is 0 Å². The molecule has 0 saturated carbocycles. The third kappa shape index (κ3) is 1.58. The summed E-state index contributed by atoms with van der Waals surface area (Å²) in [5, 5.41) is 0.923. The number of rotatable bonds is 3. The molecule has 0 aliphatic heterocycles. The van der Waals surface area contributed by atoms with Gasteiger partial charge in [0.25, 0.3) is 0 Å². The molecule has 0 aromatic carbocycles.